The predicted molar refractivity (Wildman–Crippen MR) is 0 cm³/mol. The number of halogens is 3. The Balaban J connectivity index is -0.0000000450. The van der Waals surface area contributed by atoms with E-state index in [1.165, 1.54) is 0 Å². The van der Waals surface area contributed by atoms with Crippen molar-refractivity contribution in [2.24, 2.45) is 0 Å². The van der Waals surface area contributed by atoms with Crippen molar-refractivity contribution >= 4 is 0 Å². The van der Waals surface area contributed by atoms with E-state index in [1.54, 1.807) is 0 Å². The van der Waals surface area contributed by atoms with Crippen LogP contribution in [0.4, 0.5) is 0 Å². The van der Waals surface area contributed by atoms with Crippen LogP contribution in [0.2, 0.25) is 0 Å². The van der Waals surface area contributed by atoms with Crippen LogP contribution in [0.1, 0.15) is 0 Å². The van der Waals surface area contributed by atoms with E-state index < -0.39 is 63.2 Å². The summed E-state index contributed by atoms with van der Waals surface area (Å²) in [5.41, 5.74) is 0. The molecule has 13 heteroatoms. The molecule has 0 aliphatic carbocycles. The van der Waals surface area contributed by atoms with Gasteiger partial charge >= 0.3 is 39.9 Å². The van der Waals surface area contributed by atoms with E-state index >= 15 is 0 Å². The zero-order valence-electron chi connectivity index (χ0n) is 5.16. The van der Waals surface area contributed by atoms with Gasteiger partial charge in [-0.15, -0.1) is 0 Å². The third-order valence-electron chi connectivity index (χ3n) is 0. The van der Waals surface area contributed by atoms with Crippen molar-refractivity contribution in [3.8, 4) is 0 Å². The normalized spacial score (nSPS) is 8.31. The Kier molecular flexibility index (Phi) is 39.7. The summed E-state index contributed by atoms with van der Waals surface area (Å²) in [5.74, 6) is 0. The van der Waals surface area contributed by atoms with Gasteiger partial charge in [-0.25, -0.2) is 0 Å². The minimum atomic E-state index is -4.01. The summed E-state index contributed by atoms with van der Waals surface area (Å²) in [6, 6.07) is 0. The molecule has 0 aromatic rings. The summed E-state index contributed by atoms with van der Waals surface area (Å²) in [6.07, 6.45) is 0. The first-order valence-electron chi connectivity index (χ1n) is 1.39. The van der Waals surface area contributed by atoms with E-state index in [-0.39, 0.29) is 39.9 Å². The smallest absolute Gasteiger partial charge is 0.427 e. The molecule has 0 saturated heterocycles. The van der Waals surface area contributed by atoms with Crippen LogP contribution in [0.5, 0.6) is 0 Å². The molecule has 83 valence electrons. The van der Waals surface area contributed by atoms with Gasteiger partial charge in [-0.3, -0.25) is 0 Å². The van der Waals surface area contributed by atoms with Crippen molar-refractivity contribution < 1.29 is 134 Å². The van der Waals surface area contributed by atoms with Crippen LogP contribution in [0.3, 0.4) is 0 Å². The quantitative estimate of drug-likeness (QED) is 0.222. The van der Waals surface area contributed by atoms with E-state index in [0.717, 1.165) is 0 Å². The van der Waals surface area contributed by atoms with Crippen LogP contribution in [0.15, 0.2) is 0 Å². The van der Waals surface area contributed by atoms with Gasteiger partial charge in [-0.1, -0.05) is 0 Å². The molecule has 0 aromatic carbocycles. The van der Waals surface area contributed by atoms with Crippen LogP contribution in [-0.4, -0.2) is 0 Å². The van der Waals surface area contributed by atoms with E-state index in [9.17, 15) is 0 Å². The van der Waals surface area contributed by atoms with E-state index in [0.29, 0.717) is 0 Å². The third-order valence-corrected chi connectivity index (χ3v) is 0. The molecule has 0 amide bonds. The Morgan fingerprint density at radius 3 is 0.385 bits per heavy atom. The summed E-state index contributed by atoms with van der Waals surface area (Å²) >= 11 is -12.0. The molecular formula is GdI3O9. The Bertz CT molecular complexity index is 43.4. The molecule has 9 nitrogen and oxygen atoms in total. The van der Waals surface area contributed by atoms with Crippen molar-refractivity contribution in [3.05, 3.63) is 0 Å². The molecule has 0 aliphatic rings. The second-order valence-electron chi connectivity index (χ2n) is 0.567. The Morgan fingerprint density at radius 1 is 0.385 bits per heavy atom. The van der Waals surface area contributed by atoms with Gasteiger partial charge in [0.05, 0.1) is 0 Å². The van der Waals surface area contributed by atoms with Gasteiger partial charge in [-0.05, 0) is 0 Å². The molecule has 0 spiro atoms. The predicted octanol–water partition coefficient (Wildman–Crippen LogP) is -19.7. The third kappa shape index (κ3) is 264. The topological polar surface area (TPSA) is 208 Å². The SMILES string of the molecule is [Gd+3].[O-][I+2]([O-])[O-].[O-][I+2]([O-])[O-].[O-][I+2]([O-])[O-]. The van der Waals surface area contributed by atoms with E-state index in [1.807, 2.05) is 0 Å². The summed E-state index contributed by atoms with van der Waals surface area (Å²) in [5, 5.41) is 0. The fourth-order valence-corrected chi connectivity index (χ4v) is 0. The van der Waals surface area contributed by atoms with Gasteiger partial charge in [0, 0.05) is 0 Å². The molecule has 0 fully saturated rings. The molecule has 0 aliphatic heterocycles. The van der Waals surface area contributed by atoms with Gasteiger partial charge in [0.15, 0.2) is 0 Å². The van der Waals surface area contributed by atoms with Crippen LogP contribution in [-0.2, 0) is 0 Å². The molecule has 0 saturated carbocycles. The maximum Gasteiger partial charge on any atom is 3.00 e. The minimum absolute atomic E-state index is 0. The average molecular weight is 682 g/mol. The molecular weight excluding hydrogens is 682 g/mol. The van der Waals surface area contributed by atoms with Crippen LogP contribution >= 0.6 is 0 Å². The molecule has 0 rings (SSSR count). The van der Waals surface area contributed by atoms with Gasteiger partial charge in [0.1, 0.15) is 0 Å². The molecule has 0 N–H and O–H groups in total. The average Bonchev–Trinajstić information content (AvgIpc) is 1.54. The largest absolute Gasteiger partial charge is 3.00 e. The van der Waals surface area contributed by atoms with Gasteiger partial charge < -0.3 is 30.9 Å². The van der Waals surface area contributed by atoms with Crippen molar-refractivity contribution in [1.82, 2.24) is 0 Å². The van der Waals surface area contributed by atoms with E-state index in [4.69, 9.17) is 30.9 Å². The number of rotatable bonds is 0. The van der Waals surface area contributed by atoms with Crippen molar-refractivity contribution in [3.63, 3.8) is 0 Å². The van der Waals surface area contributed by atoms with Gasteiger partial charge in [-0.2, -0.15) is 0 Å². The number of hydrogen-bond acceptors (Lipinski definition) is 9. The first kappa shape index (κ1) is 25.1. The van der Waals surface area contributed by atoms with E-state index in [2.05, 4.69) is 0 Å². The van der Waals surface area contributed by atoms with Crippen molar-refractivity contribution in [1.29, 1.82) is 0 Å². The Hall–Kier alpha value is 3.15. The first-order valence-corrected chi connectivity index (χ1v) is 9.32. The summed E-state index contributed by atoms with van der Waals surface area (Å²) in [6.45, 7) is 0. The summed E-state index contributed by atoms with van der Waals surface area (Å²) < 4.78 is 77.2. The second-order valence-corrected chi connectivity index (χ2v) is 3.80. The maximum atomic E-state index is 8.57. The Morgan fingerprint density at radius 2 is 0.385 bits per heavy atom. The molecule has 0 bridgehead atoms. The zero-order valence-corrected chi connectivity index (χ0v) is 13.9. The van der Waals surface area contributed by atoms with Crippen LogP contribution in [0.25, 0.3) is 0 Å². The van der Waals surface area contributed by atoms with Crippen molar-refractivity contribution in [2.75, 3.05) is 0 Å². The molecule has 0 unspecified atom stereocenters. The standard InChI is InChI=1S/Gd.3IO3/c;3*2-1(3)4/q+3;3*-1. The summed E-state index contributed by atoms with van der Waals surface area (Å²) in [4.78, 5) is 0. The van der Waals surface area contributed by atoms with Gasteiger partial charge in [0.2, 0.25) is 0 Å². The fraction of sp³-hybridized carbons (Fsp3) is 0. The van der Waals surface area contributed by atoms with Crippen molar-refractivity contribution in [2.45, 2.75) is 0 Å². The second kappa shape index (κ2) is 20.6. The number of hydrogen-bond donors (Lipinski definition) is 0. The maximum absolute atomic E-state index is 8.57. The molecule has 13 heavy (non-hydrogen) atoms. The van der Waals surface area contributed by atoms with Crippen LogP contribution < -0.4 is 94.1 Å². The minimum Gasteiger partial charge on any atom is -0.427 e. The molecule has 0 atom stereocenters. The monoisotopic (exact) mass is 683 g/mol. The molecule has 1 radical (unpaired) electrons. The first-order chi connectivity index (χ1) is 5.20. The zero-order chi connectivity index (χ0) is 10.7. The summed E-state index contributed by atoms with van der Waals surface area (Å²) in [7, 11) is 0. The Labute approximate surface area is 131 Å². The molecule has 0 heterocycles. The fourth-order valence-electron chi connectivity index (χ4n) is 0. The molecule has 0 aromatic heterocycles. The van der Waals surface area contributed by atoms with Gasteiger partial charge in [0.25, 0.3) is 63.2 Å². The van der Waals surface area contributed by atoms with Crippen LogP contribution in [0, 0.1) is 39.9 Å².